The van der Waals surface area contributed by atoms with E-state index in [1.165, 1.54) is 17.2 Å². The van der Waals surface area contributed by atoms with E-state index >= 15 is 0 Å². The third-order valence-corrected chi connectivity index (χ3v) is 3.54. The Morgan fingerprint density at radius 1 is 1.21 bits per heavy atom. The number of aryl methyl sites for hydroxylation is 1. The summed E-state index contributed by atoms with van der Waals surface area (Å²) < 4.78 is 13.6. The summed E-state index contributed by atoms with van der Waals surface area (Å²) in [5, 5.41) is 3.76. The number of hydrogen-bond donors (Lipinski definition) is 1. The monoisotopic (exact) mass is 277 g/mol. The molecule has 0 unspecified atom stereocenters. The lowest BCUT2D eigenvalue weighted by Crippen LogP contribution is -2.19. The van der Waals surface area contributed by atoms with Crippen LogP contribution in [0.1, 0.15) is 29.7 Å². The van der Waals surface area contributed by atoms with Crippen LogP contribution in [0.15, 0.2) is 42.5 Å². The van der Waals surface area contributed by atoms with E-state index in [1.54, 1.807) is 12.1 Å². The SMILES string of the molecule is Cc1cccc([C@H](C)NCc2c(F)cccc2Cl)c1. The molecule has 1 N–H and O–H groups in total. The third-order valence-electron chi connectivity index (χ3n) is 3.19. The van der Waals surface area contributed by atoms with Crippen molar-refractivity contribution in [1.82, 2.24) is 5.32 Å². The van der Waals surface area contributed by atoms with Crippen molar-refractivity contribution in [3.63, 3.8) is 0 Å². The molecule has 2 aromatic carbocycles. The van der Waals surface area contributed by atoms with Gasteiger partial charge < -0.3 is 5.32 Å². The van der Waals surface area contributed by atoms with Gasteiger partial charge >= 0.3 is 0 Å². The molecule has 2 aromatic rings. The molecule has 3 heteroatoms. The highest BCUT2D eigenvalue weighted by Crippen LogP contribution is 2.20. The minimum atomic E-state index is -0.267. The van der Waals surface area contributed by atoms with Gasteiger partial charge in [0.15, 0.2) is 0 Å². The van der Waals surface area contributed by atoms with Crippen LogP contribution in [0.4, 0.5) is 4.39 Å². The van der Waals surface area contributed by atoms with Crippen molar-refractivity contribution in [3.05, 3.63) is 70.0 Å². The first-order valence-electron chi connectivity index (χ1n) is 6.31. The van der Waals surface area contributed by atoms with Gasteiger partial charge in [0, 0.05) is 23.2 Å². The first-order chi connectivity index (χ1) is 9.08. The zero-order valence-corrected chi connectivity index (χ0v) is 11.8. The summed E-state index contributed by atoms with van der Waals surface area (Å²) in [6.45, 7) is 4.54. The Labute approximate surface area is 118 Å². The summed E-state index contributed by atoms with van der Waals surface area (Å²) in [6, 6.07) is 13.2. The average molecular weight is 278 g/mol. The average Bonchev–Trinajstić information content (AvgIpc) is 2.38. The summed E-state index contributed by atoms with van der Waals surface area (Å²) >= 11 is 6.00. The fraction of sp³-hybridized carbons (Fsp3) is 0.250. The van der Waals surface area contributed by atoms with Crippen LogP contribution in [-0.4, -0.2) is 0 Å². The predicted molar refractivity (Wildman–Crippen MR) is 77.8 cm³/mol. The normalized spacial score (nSPS) is 12.4. The van der Waals surface area contributed by atoms with Gasteiger partial charge in [-0.2, -0.15) is 0 Å². The zero-order chi connectivity index (χ0) is 13.8. The second-order valence-electron chi connectivity index (χ2n) is 4.72. The molecule has 19 heavy (non-hydrogen) atoms. The van der Waals surface area contributed by atoms with Gasteiger partial charge in [0.1, 0.15) is 5.82 Å². The molecule has 0 bridgehead atoms. The first kappa shape index (κ1) is 14.0. The van der Waals surface area contributed by atoms with Crippen molar-refractivity contribution >= 4 is 11.6 Å². The molecule has 0 spiro atoms. The maximum atomic E-state index is 13.6. The van der Waals surface area contributed by atoms with Crippen LogP contribution in [0.3, 0.4) is 0 Å². The topological polar surface area (TPSA) is 12.0 Å². The van der Waals surface area contributed by atoms with Gasteiger partial charge in [0.05, 0.1) is 0 Å². The van der Waals surface area contributed by atoms with Gasteiger partial charge in [-0.05, 0) is 31.5 Å². The third kappa shape index (κ3) is 3.55. The van der Waals surface area contributed by atoms with E-state index in [2.05, 4.69) is 37.4 Å². The van der Waals surface area contributed by atoms with Gasteiger partial charge in [0.25, 0.3) is 0 Å². The Balaban J connectivity index is 2.06. The van der Waals surface area contributed by atoms with Crippen molar-refractivity contribution in [2.45, 2.75) is 26.4 Å². The Bertz CT molecular complexity index is 548. The van der Waals surface area contributed by atoms with E-state index < -0.39 is 0 Å². The molecule has 100 valence electrons. The van der Waals surface area contributed by atoms with Crippen molar-refractivity contribution < 1.29 is 4.39 Å². The number of rotatable bonds is 4. The summed E-state index contributed by atoms with van der Waals surface area (Å²) in [6.07, 6.45) is 0. The van der Waals surface area contributed by atoms with E-state index in [-0.39, 0.29) is 11.9 Å². The highest BCUT2D eigenvalue weighted by atomic mass is 35.5. The van der Waals surface area contributed by atoms with Crippen molar-refractivity contribution in [3.8, 4) is 0 Å². The smallest absolute Gasteiger partial charge is 0.129 e. The molecule has 0 heterocycles. The second-order valence-corrected chi connectivity index (χ2v) is 5.12. The lowest BCUT2D eigenvalue weighted by Gasteiger charge is -2.16. The highest BCUT2D eigenvalue weighted by Gasteiger charge is 2.09. The van der Waals surface area contributed by atoms with Crippen LogP contribution in [0, 0.1) is 12.7 Å². The molecule has 0 amide bonds. The maximum Gasteiger partial charge on any atom is 0.129 e. The van der Waals surface area contributed by atoms with Crippen LogP contribution in [-0.2, 0) is 6.54 Å². The lowest BCUT2D eigenvalue weighted by atomic mass is 10.1. The molecule has 0 aromatic heterocycles. The van der Waals surface area contributed by atoms with Crippen LogP contribution >= 0.6 is 11.6 Å². The zero-order valence-electron chi connectivity index (χ0n) is 11.1. The molecule has 1 atom stereocenters. The van der Waals surface area contributed by atoms with Gasteiger partial charge in [-0.15, -0.1) is 0 Å². The minimum Gasteiger partial charge on any atom is -0.306 e. The Kier molecular flexibility index (Phi) is 4.56. The second kappa shape index (κ2) is 6.18. The molecule has 0 radical (unpaired) electrons. The quantitative estimate of drug-likeness (QED) is 0.858. The van der Waals surface area contributed by atoms with E-state index in [9.17, 15) is 4.39 Å². The largest absolute Gasteiger partial charge is 0.306 e. The van der Waals surface area contributed by atoms with Gasteiger partial charge in [-0.1, -0.05) is 47.5 Å². The van der Waals surface area contributed by atoms with Gasteiger partial charge in [-0.3, -0.25) is 0 Å². The molecule has 0 saturated heterocycles. The Hall–Kier alpha value is -1.38. The number of benzene rings is 2. The van der Waals surface area contributed by atoms with Crippen LogP contribution in [0.5, 0.6) is 0 Å². The molecule has 2 rings (SSSR count). The first-order valence-corrected chi connectivity index (χ1v) is 6.68. The number of nitrogens with one attached hydrogen (secondary N) is 1. The summed E-state index contributed by atoms with van der Waals surface area (Å²) in [5.41, 5.74) is 2.92. The standard InChI is InChI=1S/C16H17ClFN/c1-11-5-3-6-13(9-11)12(2)19-10-14-15(17)7-4-8-16(14)18/h3-9,12,19H,10H2,1-2H3/t12-/m0/s1. The van der Waals surface area contributed by atoms with Crippen molar-refractivity contribution in [1.29, 1.82) is 0 Å². The fourth-order valence-corrected chi connectivity index (χ4v) is 2.24. The minimum absolute atomic E-state index is 0.149. The van der Waals surface area contributed by atoms with Gasteiger partial charge in [-0.25, -0.2) is 4.39 Å². The van der Waals surface area contributed by atoms with E-state index in [4.69, 9.17) is 11.6 Å². The Morgan fingerprint density at radius 3 is 2.63 bits per heavy atom. The van der Waals surface area contributed by atoms with Gasteiger partial charge in [0.2, 0.25) is 0 Å². The van der Waals surface area contributed by atoms with E-state index in [0.717, 1.165) is 0 Å². The van der Waals surface area contributed by atoms with Crippen LogP contribution in [0.25, 0.3) is 0 Å². The lowest BCUT2D eigenvalue weighted by molar-refractivity contribution is 0.544. The predicted octanol–water partition coefficient (Wildman–Crippen LogP) is 4.64. The molecule has 0 aliphatic rings. The highest BCUT2D eigenvalue weighted by molar-refractivity contribution is 6.31. The van der Waals surface area contributed by atoms with E-state index in [0.29, 0.717) is 17.1 Å². The maximum absolute atomic E-state index is 13.6. The van der Waals surface area contributed by atoms with Crippen LogP contribution < -0.4 is 5.32 Å². The molecule has 1 nitrogen and oxygen atoms in total. The van der Waals surface area contributed by atoms with E-state index in [1.807, 2.05) is 6.07 Å². The Morgan fingerprint density at radius 2 is 1.95 bits per heavy atom. The fourth-order valence-electron chi connectivity index (χ4n) is 2.01. The molecule has 0 aliphatic carbocycles. The molecule has 0 saturated carbocycles. The molecule has 0 fully saturated rings. The summed E-state index contributed by atoms with van der Waals surface area (Å²) in [7, 11) is 0. The molecule has 0 aliphatic heterocycles. The molecular weight excluding hydrogens is 261 g/mol. The summed E-state index contributed by atoms with van der Waals surface area (Å²) in [5.74, 6) is -0.267. The number of hydrogen-bond acceptors (Lipinski definition) is 1. The summed E-state index contributed by atoms with van der Waals surface area (Å²) in [4.78, 5) is 0. The van der Waals surface area contributed by atoms with Crippen LogP contribution in [0.2, 0.25) is 5.02 Å². The molecular formula is C16H17ClFN. The van der Waals surface area contributed by atoms with Crippen molar-refractivity contribution in [2.24, 2.45) is 0 Å². The van der Waals surface area contributed by atoms with Crippen molar-refractivity contribution in [2.75, 3.05) is 0 Å². The number of halogens is 2.